The van der Waals surface area contributed by atoms with Crippen LogP contribution in [0.25, 0.3) is 11.9 Å². The number of nitrogens with zero attached hydrogens (tertiary/aromatic N) is 4. The predicted molar refractivity (Wildman–Crippen MR) is 120 cm³/mol. The Balaban J connectivity index is 1.65. The molecule has 1 aliphatic heterocycles. The Kier molecular flexibility index (Phi) is 5.49. The molecule has 31 heavy (non-hydrogen) atoms. The van der Waals surface area contributed by atoms with Crippen LogP contribution < -0.4 is 0 Å². The number of nitriles is 1. The maximum Gasteiger partial charge on any atom is 0.293 e. The number of hydrogen-bond donors (Lipinski definition) is 0. The quantitative estimate of drug-likeness (QED) is 0.552. The van der Waals surface area contributed by atoms with Gasteiger partial charge in [-0.15, -0.1) is 0 Å². The molecule has 4 rings (SSSR count). The van der Waals surface area contributed by atoms with Gasteiger partial charge in [-0.2, -0.15) is 5.26 Å². The van der Waals surface area contributed by atoms with Gasteiger partial charge in [0, 0.05) is 17.6 Å². The molecule has 0 radical (unpaired) electrons. The van der Waals surface area contributed by atoms with E-state index in [0.717, 1.165) is 40.1 Å². The van der Waals surface area contributed by atoms with E-state index >= 15 is 0 Å². The van der Waals surface area contributed by atoms with Crippen molar-refractivity contribution in [1.29, 1.82) is 5.26 Å². The molecule has 7 heteroatoms. The maximum atomic E-state index is 13.0. The number of benzene rings is 1. The van der Waals surface area contributed by atoms with Crippen molar-refractivity contribution in [3.63, 3.8) is 0 Å². The van der Waals surface area contributed by atoms with E-state index < -0.39 is 0 Å². The molecule has 2 aromatic heterocycles. The second-order valence-electron chi connectivity index (χ2n) is 7.39. The van der Waals surface area contributed by atoms with Crippen molar-refractivity contribution < 1.29 is 9.59 Å². The van der Waals surface area contributed by atoms with E-state index in [1.54, 1.807) is 36.5 Å². The summed E-state index contributed by atoms with van der Waals surface area (Å²) >= 11 is 0.922. The molecule has 3 aromatic rings. The van der Waals surface area contributed by atoms with Gasteiger partial charge < -0.3 is 4.57 Å². The van der Waals surface area contributed by atoms with Crippen molar-refractivity contribution in [2.75, 3.05) is 0 Å². The summed E-state index contributed by atoms with van der Waals surface area (Å²) in [6.07, 6.45) is 3.53. The van der Waals surface area contributed by atoms with Gasteiger partial charge in [0.15, 0.2) is 0 Å². The smallest absolute Gasteiger partial charge is 0.293 e. The number of aromatic nitrogens is 2. The zero-order valence-corrected chi connectivity index (χ0v) is 18.2. The minimum Gasteiger partial charge on any atom is -0.303 e. The van der Waals surface area contributed by atoms with Gasteiger partial charge in [0.05, 0.1) is 23.1 Å². The fourth-order valence-electron chi connectivity index (χ4n) is 3.64. The summed E-state index contributed by atoms with van der Waals surface area (Å²) in [5.74, 6) is 0.470. The average Bonchev–Trinajstić information content (AvgIpc) is 3.17. The summed E-state index contributed by atoms with van der Waals surface area (Å²) in [5.41, 5.74) is 5.01. The third-order valence-electron chi connectivity index (χ3n) is 5.23. The van der Waals surface area contributed by atoms with Crippen molar-refractivity contribution in [3.8, 4) is 11.9 Å². The molecule has 6 nitrogen and oxygen atoms in total. The summed E-state index contributed by atoms with van der Waals surface area (Å²) in [5, 5.41) is 8.94. The minimum absolute atomic E-state index is 0.0813. The van der Waals surface area contributed by atoms with Crippen molar-refractivity contribution in [2.24, 2.45) is 0 Å². The lowest BCUT2D eigenvalue weighted by atomic mass is 10.1. The van der Waals surface area contributed by atoms with E-state index in [-0.39, 0.29) is 17.7 Å². The summed E-state index contributed by atoms with van der Waals surface area (Å²) < 4.78 is 2.03. The van der Waals surface area contributed by atoms with Gasteiger partial charge in [-0.1, -0.05) is 18.2 Å². The summed E-state index contributed by atoms with van der Waals surface area (Å²) in [4.78, 5) is 31.5. The summed E-state index contributed by atoms with van der Waals surface area (Å²) in [6.45, 7) is 6.05. The summed E-state index contributed by atoms with van der Waals surface area (Å²) in [6, 6.07) is 15.0. The van der Waals surface area contributed by atoms with E-state index in [1.165, 1.54) is 4.90 Å². The van der Waals surface area contributed by atoms with E-state index in [1.807, 2.05) is 43.5 Å². The standard InChI is InChI=1S/C24H20N4O2S/c1-15-8-9-26-22(10-15)28-16(2)11-20(17(28)3)12-21-23(29)27(24(30)31-21)14-19-7-5-4-6-18(19)13-25/h4-12H,14H2,1-3H3/b21-12+. The highest BCUT2D eigenvalue weighted by molar-refractivity contribution is 8.18. The van der Waals surface area contributed by atoms with Crippen molar-refractivity contribution >= 4 is 29.0 Å². The van der Waals surface area contributed by atoms with Gasteiger partial charge in [-0.05, 0) is 79.6 Å². The zero-order valence-electron chi connectivity index (χ0n) is 17.4. The van der Waals surface area contributed by atoms with Gasteiger partial charge in [-0.3, -0.25) is 14.5 Å². The molecule has 1 saturated heterocycles. The number of hydrogen-bond acceptors (Lipinski definition) is 5. The van der Waals surface area contributed by atoms with Crippen LogP contribution in [0.1, 0.15) is 33.6 Å². The van der Waals surface area contributed by atoms with Gasteiger partial charge in [-0.25, -0.2) is 4.98 Å². The number of amides is 2. The Morgan fingerprint density at radius 3 is 2.65 bits per heavy atom. The lowest BCUT2D eigenvalue weighted by Gasteiger charge is -2.13. The SMILES string of the molecule is Cc1ccnc(-n2c(C)cc(/C=C3/SC(=O)N(Cc4ccccc4C#N)C3=O)c2C)c1. The van der Waals surface area contributed by atoms with Crippen LogP contribution in [0.5, 0.6) is 0 Å². The Morgan fingerprint density at radius 2 is 1.90 bits per heavy atom. The monoisotopic (exact) mass is 428 g/mol. The third-order valence-corrected chi connectivity index (χ3v) is 6.13. The number of aryl methyl sites for hydroxylation is 2. The zero-order chi connectivity index (χ0) is 22.1. The molecule has 1 aliphatic rings. The summed E-state index contributed by atoms with van der Waals surface area (Å²) in [7, 11) is 0. The molecule has 1 aromatic carbocycles. The Morgan fingerprint density at radius 1 is 1.13 bits per heavy atom. The lowest BCUT2D eigenvalue weighted by Crippen LogP contribution is -2.27. The minimum atomic E-state index is -0.346. The maximum absolute atomic E-state index is 13.0. The molecular formula is C24H20N4O2S. The molecule has 0 spiro atoms. The molecule has 1 fully saturated rings. The van der Waals surface area contributed by atoms with E-state index in [4.69, 9.17) is 0 Å². The second-order valence-corrected chi connectivity index (χ2v) is 8.38. The highest BCUT2D eigenvalue weighted by atomic mass is 32.2. The van der Waals surface area contributed by atoms with Crippen LogP contribution in [-0.2, 0) is 11.3 Å². The Bertz CT molecular complexity index is 1280. The van der Waals surface area contributed by atoms with Crippen LogP contribution in [0.4, 0.5) is 4.79 Å². The first-order valence-electron chi connectivity index (χ1n) is 9.74. The van der Waals surface area contributed by atoms with Gasteiger partial charge in [0.2, 0.25) is 0 Å². The van der Waals surface area contributed by atoms with Gasteiger partial charge >= 0.3 is 0 Å². The molecule has 2 amide bonds. The number of thioether (sulfide) groups is 1. The molecule has 0 unspecified atom stereocenters. The number of carbonyl (C=O) groups excluding carboxylic acids is 2. The van der Waals surface area contributed by atoms with Crippen molar-refractivity contribution in [3.05, 3.63) is 87.2 Å². The van der Waals surface area contributed by atoms with Crippen molar-refractivity contribution in [1.82, 2.24) is 14.5 Å². The molecular weight excluding hydrogens is 408 g/mol. The fraction of sp³-hybridized carbons (Fsp3) is 0.167. The van der Waals surface area contributed by atoms with Crippen LogP contribution in [0, 0.1) is 32.1 Å². The predicted octanol–water partition coefficient (Wildman–Crippen LogP) is 4.91. The fourth-order valence-corrected chi connectivity index (χ4v) is 4.47. The molecule has 3 heterocycles. The van der Waals surface area contributed by atoms with Crippen LogP contribution in [-0.4, -0.2) is 25.6 Å². The molecule has 0 aliphatic carbocycles. The normalized spacial score (nSPS) is 15.0. The number of rotatable bonds is 4. The molecule has 0 saturated carbocycles. The first kappa shape index (κ1) is 20.6. The molecule has 0 atom stereocenters. The topological polar surface area (TPSA) is 79.0 Å². The highest BCUT2D eigenvalue weighted by Gasteiger charge is 2.35. The lowest BCUT2D eigenvalue weighted by molar-refractivity contribution is -0.123. The molecule has 0 N–H and O–H groups in total. The highest BCUT2D eigenvalue weighted by Crippen LogP contribution is 2.35. The second kappa shape index (κ2) is 8.25. The van der Waals surface area contributed by atoms with E-state index in [2.05, 4.69) is 11.1 Å². The van der Waals surface area contributed by atoms with E-state index in [9.17, 15) is 14.9 Å². The number of pyridine rings is 1. The van der Waals surface area contributed by atoms with Crippen LogP contribution >= 0.6 is 11.8 Å². The number of carbonyl (C=O) groups is 2. The van der Waals surface area contributed by atoms with Crippen LogP contribution in [0.15, 0.2) is 53.6 Å². The van der Waals surface area contributed by atoms with Gasteiger partial charge in [0.25, 0.3) is 11.1 Å². The Labute approximate surface area is 184 Å². The number of imide groups is 1. The third kappa shape index (κ3) is 3.90. The largest absolute Gasteiger partial charge is 0.303 e. The molecule has 154 valence electrons. The van der Waals surface area contributed by atoms with E-state index in [0.29, 0.717) is 16.0 Å². The van der Waals surface area contributed by atoms with Crippen LogP contribution in [0.2, 0.25) is 0 Å². The first-order valence-corrected chi connectivity index (χ1v) is 10.6. The molecule has 0 bridgehead atoms. The van der Waals surface area contributed by atoms with Crippen molar-refractivity contribution in [2.45, 2.75) is 27.3 Å². The first-order chi connectivity index (χ1) is 14.9. The Hall–Kier alpha value is -3.63. The van der Waals surface area contributed by atoms with Crippen LogP contribution in [0.3, 0.4) is 0 Å². The average molecular weight is 429 g/mol. The van der Waals surface area contributed by atoms with Gasteiger partial charge in [0.1, 0.15) is 5.82 Å².